The Morgan fingerprint density at radius 1 is 1.36 bits per heavy atom. The monoisotopic (exact) mass is 302 g/mol. The summed E-state index contributed by atoms with van der Waals surface area (Å²) in [5.74, 6) is 0.211. The highest BCUT2D eigenvalue weighted by Gasteiger charge is 2.41. The zero-order valence-electron chi connectivity index (χ0n) is 13.8. The molecule has 118 valence electrons. The molecule has 0 radical (unpaired) electrons. The van der Waals surface area contributed by atoms with E-state index in [4.69, 9.17) is 5.26 Å². The minimum absolute atomic E-state index is 0.00920. The van der Waals surface area contributed by atoms with Crippen molar-refractivity contribution in [2.45, 2.75) is 52.6 Å². The van der Waals surface area contributed by atoms with Crippen LogP contribution < -0.4 is 4.90 Å². The number of carbonyl (C=O) groups is 2. The Morgan fingerprint density at radius 2 is 2.00 bits per heavy atom. The number of rotatable bonds is 3. The molecule has 1 aliphatic rings. The molecule has 1 saturated heterocycles. The zero-order chi connectivity index (χ0) is 16.7. The van der Waals surface area contributed by atoms with Crippen LogP contribution in [-0.2, 0) is 10.3 Å². The molecule has 1 aromatic rings. The van der Waals surface area contributed by atoms with Crippen LogP contribution >= 0.6 is 0 Å². The van der Waals surface area contributed by atoms with E-state index in [0.29, 0.717) is 11.4 Å². The van der Waals surface area contributed by atoms with E-state index in [0.717, 1.165) is 6.42 Å². The Balaban J connectivity index is 2.48. The fraction of sp³-hybridized carbons (Fsp3) is 0.562. The Bertz CT molecular complexity index is 648. The van der Waals surface area contributed by atoms with Crippen molar-refractivity contribution >= 4 is 17.8 Å². The van der Waals surface area contributed by atoms with E-state index in [-0.39, 0.29) is 30.1 Å². The van der Waals surface area contributed by atoms with Gasteiger partial charge in [0.15, 0.2) is 0 Å². The van der Waals surface area contributed by atoms with Gasteiger partial charge in [-0.3, -0.25) is 4.79 Å². The van der Waals surface area contributed by atoms with Crippen LogP contribution in [0, 0.1) is 11.3 Å². The molecule has 0 saturated carbocycles. The van der Waals surface area contributed by atoms with Crippen molar-refractivity contribution in [2.75, 3.05) is 11.4 Å². The third kappa shape index (κ3) is 2.59. The summed E-state index contributed by atoms with van der Waals surface area (Å²) in [6, 6.07) is 3.37. The number of amides is 3. The molecule has 6 heteroatoms. The van der Waals surface area contributed by atoms with Gasteiger partial charge in [0.25, 0.3) is 5.91 Å². The number of hydrogen-bond donors (Lipinski definition) is 0. The van der Waals surface area contributed by atoms with Gasteiger partial charge < -0.3 is 9.47 Å². The molecule has 0 N–H and O–H groups in total. The molecule has 1 aromatic heterocycles. The number of nitriles is 1. The van der Waals surface area contributed by atoms with E-state index in [2.05, 4.69) is 6.07 Å². The Kier molecular flexibility index (Phi) is 4.01. The number of imide groups is 1. The Labute approximate surface area is 130 Å². The van der Waals surface area contributed by atoms with Gasteiger partial charge in [-0.15, -0.1) is 0 Å². The van der Waals surface area contributed by atoms with Crippen molar-refractivity contribution in [2.24, 2.45) is 0 Å². The van der Waals surface area contributed by atoms with Crippen molar-refractivity contribution in [3.63, 3.8) is 0 Å². The summed E-state index contributed by atoms with van der Waals surface area (Å²) in [6.45, 7) is 9.90. The maximum absolute atomic E-state index is 12.6. The van der Waals surface area contributed by atoms with E-state index in [1.165, 1.54) is 4.90 Å². The first-order chi connectivity index (χ1) is 10.2. The molecule has 0 aromatic carbocycles. The summed E-state index contributed by atoms with van der Waals surface area (Å²) in [6.07, 6.45) is 2.47. The smallest absolute Gasteiger partial charge is 0.327 e. The molecule has 0 unspecified atom stereocenters. The van der Waals surface area contributed by atoms with Crippen molar-refractivity contribution < 1.29 is 9.59 Å². The molecule has 3 amide bonds. The van der Waals surface area contributed by atoms with Crippen molar-refractivity contribution in [1.82, 2.24) is 9.47 Å². The van der Waals surface area contributed by atoms with Crippen molar-refractivity contribution in [3.05, 3.63) is 17.8 Å². The summed E-state index contributed by atoms with van der Waals surface area (Å²) >= 11 is 0. The highest BCUT2D eigenvalue weighted by atomic mass is 16.2. The summed E-state index contributed by atoms with van der Waals surface area (Å²) in [5.41, 5.74) is 0.0990. The van der Waals surface area contributed by atoms with Crippen LogP contribution in [0.5, 0.6) is 0 Å². The van der Waals surface area contributed by atoms with Gasteiger partial charge in [0.1, 0.15) is 18.4 Å². The fourth-order valence-electron chi connectivity index (χ4n) is 2.53. The third-order valence-corrected chi connectivity index (χ3v) is 4.00. The SMILES string of the molecule is CC[C@@H](C)N1CC(=O)N(c2cc(C#N)cn2C(C)(C)C)C1=O. The summed E-state index contributed by atoms with van der Waals surface area (Å²) in [4.78, 5) is 27.8. The molecule has 0 aliphatic carbocycles. The summed E-state index contributed by atoms with van der Waals surface area (Å²) < 4.78 is 1.81. The first kappa shape index (κ1) is 16.1. The maximum Gasteiger partial charge on any atom is 0.333 e. The second kappa shape index (κ2) is 5.48. The van der Waals surface area contributed by atoms with Crippen LogP contribution in [0.2, 0.25) is 0 Å². The predicted octanol–water partition coefficient (Wildman–Crippen LogP) is 2.68. The van der Waals surface area contributed by atoms with Crippen molar-refractivity contribution in [1.29, 1.82) is 5.26 Å². The molecule has 0 bridgehead atoms. The van der Waals surface area contributed by atoms with Gasteiger partial charge in [0, 0.05) is 17.8 Å². The molecule has 1 fully saturated rings. The second-order valence-corrected chi connectivity index (χ2v) is 6.64. The average Bonchev–Trinajstić information content (AvgIpc) is 2.98. The van der Waals surface area contributed by atoms with E-state index < -0.39 is 0 Å². The summed E-state index contributed by atoms with van der Waals surface area (Å²) in [5, 5.41) is 9.13. The maximum atomic E-state index is 12.6. The van der Waals surface area contributed by atoms with E-state index in [1.54, 1.807) is 17.2 Å². The molecule has 6 nitrogen and oxygen atoms in total. The van der Waals surface area contributed by atoms with Crippen molar-refractivity contribution in [3.8, 4) is 6.07 Å². The standard InChI is InChI=1S/C16H22N4O2/c1-6-11(2)18-10-14(21)20(15(18)22)13-7-12(8-17)9-19(13)16(3,4)5/h7,9,11H,6,10H2,1-5H3/t11-/m1/s1. The average molecular weight is 302 g/mol. The quantitative estimate of drug-likeness (QED) is 0.806. The predicted molar refractivity (Wildman–Crippen MR) is 83.5 cm³/mol. The highest BCUT2D eigenvalue weighted by molar-refractivity contribution is 6.19. The number of nitrogens with zero attached hydrogens (tertiary/aromatic N) is 4. The molecular formula is C16H22N4O2. The van der Waals surface area contributed by atoms with Gasteiger partial charge in [-0.2, -0.15) is 5.26 Å². The Morgan fingerprint density at radius 3 is 2.50 bits per heavy atom. The number of carbonyl (C=O) groups excluding carboxylic acids is 2. The minimum Gasteiger partial charge on any atom is -0.327 e. The first-order valence-corrected chi connectivity index (χ1v) is 7.47. The lowest BCUT2D eigenvalue weighted by Gasteiger charge is -2.28. The number of anilines is 1. The topological polar surface area (TPSA) is 69.3 Å². The van der Waals surface area contributed by atoms with Gasteiger partial charge in [-0.1, -0.05) is 6.92 Å². The Hall–Kier alpha value is -2.29. The molecule has 0 spiro atoms. The van der Waals surface area contributed by atoms with Crippen LogP contribution in [0.4, 0.5) is 10.6 Å². The van der Waals surface area contributed by atoms with E-state index in [1.807, 2.05) is 39.2 Å². The summed E-state index contributed by atoms with van der Waals surface area (Å²) in [7, 11) is 0. The molecule has 1 atom stereocenters. The minimum atomic E-state index is -0.339. The van der Waals surface area contributed by atoms with Gasteiger partial charge in [-0.25, -0.2) is 9.69 Å². The molecule has 1 aliphatic heterocycles. The van der Waals surface area contributed by atoms with Crippen LogP contribution in [-0.4, -0.2) is 34.0 Å². The first-order valence-electron chi connectivity index (χ1n) is 7.47. The van der Waals surface area contributed by atoms with Gasteiger partial charge in [0.05, 0.1) is 5.56 Å². The molecule has 2 rings (SSSR count). The lowest BCUT2D eigenvalue weighted by atomic mass is 10.1. The number of hydrogen-bond acceptors (Lipinski definition) is 3. The normalized spacial score (nSPS) is 17.1. The second-order valence-electron chi connectivity index (χ2n) is 6.64. The lowest BCUT2D eigenvalue weighted by Crippen LogP contribution is -2.39. The van der Waals surface area contributed by atoms with Gasteiger partial charge in [-0.05, 0) is 40.2 Å². The number of aromatic nitrogens is 1. The van der Waals surface area contributed by atoms with Crippen LogP contribution in [0.15, 0.2) is 12.3 Å². The molecule has 22 heavy (non-hydrogen) atoms. The molecule has 2 heterocycles. The van der Waals surface area contributed by atoms with Gasteiger partial charge in [0.2, 0.25) is 0 Å². The zero-order valence-corrected chi connectivity index (χ0v) is 13.8. The van der Waals surface area contributed by atoms with E-state index >= 15 is 0 Å². The van der Waals surface area contributed by atoms with Crippen LogP contribution in [0.25, 0.3) is 0 Å². The third-order valence-electron chi connectivity index (χ3n) is 4.00. The van der Waals surface area contributed by atoms with Crippen LogP contribution in [0.1, 0.15) is 46.6 Å². The largest absolute Gasteiger partial charge is 0.333 e. The molecular weight excluding hydrogens is 280 g/mol. The lowest BCUT2D eigenvalue weighted by molar-refractivity contribution is -0.116. The van der Waals surface area contributed by atoms with Crippen LogP contribution in [0.3, 0.4) is 0 Å². The number of urea groups is 1. The highest BCUT2D eigenvalue weighted by Crippen LogP contribution is 2.30. The van der Waals surface area contributed by atoms with Gasteiger partial charge >= 0.3 is 6.03 Å². The van der Waals surface area contributed by atoms with E-state index in [9.17, 15) is 9.59 Å². The fourth-order valence-corrected chi connectivity index (χ4v) is 2.53.